The number of rotatable bonds is 8. The molecular weight excluding hydrogens is 328 g/mol. The summed E-state index contributed by atoms with van der Waals surface area (Å²) >= 11 is 0. The summed E-state index contributed by atoms with van der Waals surface area (Å²) in [4.78, 5) is 8.72. The highest BCUT2D eigenvalue weighted by Gasteiger charge is 2.12. The molecule has 0 aliphatic carbocycles. The number of benzene rings is 1. The lowest BCUT2D eigenvalue weighted by Gasteiger charge is -2.19. The Morgan fingerprint density at radius 1 is 1.23 bits per heavy atom. The summed E-state index contributed by atoms with van der Waals surface area (Å²) in [5.74, 6) is 0.987. The molecule has 6 heteroatoms. The van der Waals surface area contributed by atoms with Crippen LogP contribution in [0.25, 0.3) is 10.9 Å². The first-order chi connectivity index (χ1) is 12.7. The second-order valence-electron chi connectivity index (χ2n) is 6.20. The number of nitrogens with one attached hydrogen (secondary N) is 1. The van der Waals surface area contributed by atoms with Gasteiger partial charge in [0.05, 0.1) is 29.7 Å². The molecular formula is C20H24N4O2. The van der Waals surface area contributed by atoms with E-state index in [0.717, 1.165) is 35.1 Å². The number of ether oxygens (including phenoxy) is 1. The summed E-state index contributed by atoms with van der Waals surface area (Å²) < 4.78 is 5.93. The van der Waals surface area contributed by atoms with Crippen molar-refractivity contribution < 1.29 is 9.84 Å². The van der Waals surface area contributed by atoms with Crippen LogP contribution in [0.1, 0.15) is 25.5 Å². The van der Waals surface area contributed by atoms with Crippen molar-refractivity contribution in [2.45, 2.75) is 32.4 Å². The zero-order valence-electron chi connectivity index (χ0n) is 14.9. The van der Waals surface area contributed by atoms with E-state index >= 15 is 0 Å². The van der Waals surface area contributed by atoms with Crippen molar-refractivity contribution in [2.75, 3.05) is 17.7 Å². The van der Waals surface area contributed by atoms with Gasteiger partial charge in [0, 0.05) is 17.5 Å². The van der Waals surface area contributed by atoms with Crippen LogP contribution in [0.5, 0.6) is 5.75 Å². The topological polar surface area (TPSA) is 93.3 Å². The summed E-state index contributed by atoms with van der Waals surface area (Å²) in [6.07, 6.45) is 3.42. The molecule has 136 valence electrons. The predicted octanol–water partition coefficient (Wildman–Crippen LogP) is 3.36. The number of hydrogen-bond donors (Lipinski definition) is 3. The van der Waals surface area contributed by atoms with Gasteiger partial charge >= 0.3 is 0 Å². The highest BCUT2D eigenvalue weighted by atomic mass is 16.5. The highest BCUT2D eigenvalue weighted by molar-refractivity contribution is 5.78. The maximum absolute atomic E-state index is 9.53. The molecule has 0 amide bonds. The van der Waals surface area contributed by atoms with Gasteiger partial charge in [0.25, 0.3) is 0 Å². The average Bonchev–Trinajstić information content (AvgIpc) is 2.67. The van der Waals surface area contributed by atoms with E-state index in [1.165, 1.54) is 0 Å². The summed E-state index contributed by atoms with van der Waals surface area (Å²) in [6.45, 7) is 2.44. The molecule has 0 saturated carbocycles. The Hall–Kier alpha value is -2.86. The highest BCUT2D eigenvalue weighted by Crippen LogP contribution is 2.27. The Kier molecular flexibility index (Phi) is 5.86. The minimum absolute atomic E-state index is 0.0434. The van der Waals surface area contributed by atoms with Gasteiger partial charge in [-0.25, -0.2) is 9.97 Å². The van der Waals surface area contributed by atoms with E-state index in [1.807, 2.05) is 36.4 Å². The first kappa shape index (κ1) is 17.9. The van der Waals surface area contributed by atoms with E-state index < -0.39 is 0 Å². The number of aliphatic hydroxyl groups excluding tert-OH is 1. The Morgan fingerprint density at radius 2 is 2.08 bits per heavy atom. The van der Waals surface area contributed by atoms with Crippen molar-refractivity contribution in [1.82, 2.24) is 9.97 Å². The summed E-state index contributed by atoms with van der Waals surface area (Å²) in [5, 5.41) is 13.9. The van der Waals surface area contributed by atoms with Crippen molar-refractivity contribution in [3.05, 3.63) is 54.4 Å². The Bertz CT molecular complexity index is 869. The molecule has 6 nitrogen and oxygen atoms in total. The first-order valence-corrected chi connectivity index (χ1v) is 8.80. The van der Waals surface area contributed by atoms with Crippen LogP contribution in [0.15, 0.2) is 48.7 Å². The third-order valence-electron chi connectivity index (χ3n) is 4.14. The molecule has 0 saturated heterocycles. The number of aromatic nitrogens is 2. The normalized spacial score (nSPS) is 12.1. The van der Waals surface area contributed by atoms with Crippen LogP contribution in [0, 0.1) is 0 Å². The van der Waals surface area contributed by atoms with Gasteiger partial charge in [0.15, 0.2) is 5.75 Å². The summed E-state index contributed by atoms with van der Waals surface area (Å²) in [7, 11) is 0. The minimum Gasteiger partial charge on any atom is -0.483 e. The maximum Gasteiger partial charge on any atom is 0.161 e. The molecule has 26 heavy (non-hydrogen) atoms. The number of nitrogens with two attached hydrogens (primary N) is 1. The van der Waals surface area contributed by atoms with Crippen molar-refractivity contribution >= 4 is 22.4 Å². The first-order valence-electron chi connectivity index (χ1n) is 8.80. The second-order valence-corrected chi connectivity index (χ2v) is 6.20. The van der Waals surface area contributed by atoms with Crippen LogP contribution in [0.2, 0.25) is 0 Å². The number of fused-ring (bicyclic) bond motifs is 1. The molecule has 3 rings (SSSR count). The molecule has 0 unspecified atom stereocenters. The van der Waals surface area contributed by atoms with E-state index in [4.69, 9.17) is 10.5 Å². The zero-order chi connectivity index (χ0) is 18.4. The fourth-order valence-corrected chi connectivity index (χ4v) is 2.80. The van der Waals surface area contributed by atoms with Crippen LogP contribution < -0.4 is 15.8 Å². The SMILES string of the molecule is CCC[C@@H](CO)Nc1cc(N)ncc1OCc1ccc2ccccc2n1. The number of hydrogen-bond acceptors (Lipinski definition) is 6. The van der Waals surface area contributed by atoms with Gasteiger partial charge in [0.2, 0.25) is 0 Å². The van der Waals surface area contributed by atoms with E-state index in [2.05, 4.69) is 22.2 Å². The van der Waals surface area contributed by atoms with E-state index in [9.17, 15) is 5.11 Å². The lowest BCUT2D eigenvalue weighted by molar-refractivity contribution is 0.267. The number of para-hydroxylation sites is 1. The Labute approximate surface area is 153 Å². The van der Waals surface area contributed by atoms with Gasteiger partial charge in [-0.15, -0.1) is 0 Å². The third kappa shape index (κ3) is 4.40. The lowest BCUT2D eigenvalue weighted by Crippen LogP contribution is -2.24. The quantitative estimate of drug-likeness (QED) is 0.575. The van der Waals surface area contributed by atoms with E-state index in [1.54, 1.807) is 12.3 Å². The van der Waals surface area contributed by atoms with Gasteiger partial charge < -0.3 is 20.9 Å². The van der Waals surface area contributed by atoms with E-state index in [-0.39, 0.29) is 12.6 Å². The predicted molar refractivity (Wildman–Crippen MR) is 104 cm³/mol. The van der Waals surface area contributed by atoms with Crippen molar-refractivity contribution in [2.24, 2.45) is 0 Å². The largest absolute Gasteiger partial charge is 0.483 e. The Morgan fingerprint density at radius 3 is 2.88 bits per heavy atom. The van der Waals surface area contributed by atoms with Crippen LogP contribution in [0.3, 0.4) is 0 Å². The molecule has 0 radical (unpaired) electrons. The molecule has 0 fully saturated rings. The van der Waals surface area contributed by atoms with Crippen molar-refractivity contribution in [3.63, 3.8) is 0 Å². The molecule has 1 atom stereocenters. The molecule has 3 aromatic rings. The standard InChI is InChI=1S/C20H24N4O2/c1-2-5-15(12-25)23-18-10-20(21)22-11-19(18)26-13-16-9-8-14-6-3-4-7-17(14)24-16/h3-4,6-11,15,25H,2,5,12-13H2,1H3,(H3,21,22,23)/t15-/m0/s1. The number of pyridine rings is 2. The molecule has 0 aliphatic heterocycles. The number of nitrogen functional groups attached to an aromatic ring is 1. The molecule has 4 N–H and O–H groups in total. The fourth-order valence-electron chi connectivity index (χ4n) is 2.80. The monoisotopic (exact) mass is 352 g/mol. The van der Waals surface area contributed by atoms with Crippen LogP contribution in [-0.4, -0.2) is 27.7 Å². The molecule has 2 heterocycles. The lowest BCUT2D eigenvalue weighted by atomic mass is 10.1. The molecule has 0 spiro atoms. The van der Waals surface area contributed by atoms with Gasteiger partial charge in [-0.2, -0.15) is 0 Å². The molecule has 1 aromatic carbocycles. The summed E-state index contributed by atoms with van der Waals surface area (Å²) in [6, 6.07) is 13.6. The second kappa shape index (κ2) is 8.49. The van der Waals surface area contributed by atoms with Gasteiger partial charge in [0.1, 0.15) is 12.4 Å². The van der Waals surface area contributed by atoms with Crippen LogP contribution in [-0.2, 0) is 6.61 Å². The number of nitrogens with zero attached hydrogens (tertiary/aromatic N) is 2. The van der Waals surface area contributed by atoms with Crippen molar-refractivity contribution in [3.8, 4) is 5.75 Å². The Balaban J connectivity index is 1.75. The molecule has 0 aliphatic rings. The van der Waals surface area contributed by atoms with Gasteiger partial charge in [-0.1, -0.05) is 37.6 Å². The maximum atomic E-state index is 9.53. The minimum atomic E-state index is -0.0528. The number of aliphatic hydroxyl groups is 1. The summed E-state index contributed by atoms with van der Waals surface area (Å²) in [5.41, 5.74) is 8.30. The van der Waals surface area contributed by atoms with Crippen LogP contribution in [0.4, 0.5) is 11.5 Å². The smallest absolute Gasteiger partial charge is 0.161 e. The van der Waals surface area contributed by atoms with Gasteiger partial charge in [-0.3, -0.25) is 0 Å². The number of anilines is 2. The average molecular weight is 352 g/mol. The van der Waals surface area contributed by atoms with E-state index in [0.29, 0.717) is 18.2 Å². The molecule has 2 aromatic heterocycles. The third-order valence-corrected chi connectivity index (χ3v) is 4.14. The molecule has 0 bridgehead atoms. The van der Waals surface area contributed by atoms with Crippen LogP contribution >= 0.6 is 0 Å². The van der Waals surface area contributed by atoms with Crippen molar-refractivity contribution in [1.29, 1.82) is 0 Å². The zero-order valence-corrected chi connectivity index (χ0v) is 14.9. The van der Waals surface area contributed by atoms with Gasteiger partial charge in [-0.05, 0) is 18.6 Å². The fraction of sp³-hybridized carbons (Fsp3) is 0.300.